The number of aryl methyl sites for hydroxylation is 2. The van der Waals surface area contributed by atoms with Crippen LogP contribution in [0.5, 0.6) is 0 Å². The Morgan fingerprint density at radius 2 is 1.93 bits per heavy atom. The number of benzene rings is 2. The summed E-state index contributed by atoms with van der Waals surface area (Å²) in [4.78, 5) is 27.1. The van der Waals surface area contributed by atoms with Crippen molar-refractivity contribution in [2.24, 2.45) is 5.92 Å². The third-order valence-electron chi connectivity index (χ3n) is 4.82. The first kappa shape index (κ1) is 18.7. The summed E-state index contributed by atoms with van der Waals surface area (Å²) in [7, 11) is 0. The Hall–Kier alpha value is -3.08. The number of fused-ring (bicyclic) bond motifs is 1. The monoisotopic (exact) mass is 364 g/mol. The van der Waals surface area contributed by atoms with Crippen molar-refractivity contribution in [2.45, 2.75) is 26.7 Å². The highest BCUT2D eigenvalue weighted by atomic mass is 16.4. The summed E-state index contributed by atoms with van der Waals surface area (Å²) in [5.74, 6) is -1.73. The van der Waals surface area contributed by atoms with Crippen LogP contribution in [0.25, 0.3) is 10.9 Å². The highest BCUT2D eigenvalue weighted by molar-refractivity contribution is 5.90. The van der Waals surface area contributed by atoms with E-state index in [0.717, 1.165) is 33.2 Å². The molecular formula is C22H24N2O3. The quantitative estimate of drug-likeness (QED) is 0.601. The number of carbonyl (C=O) groups is 2. The Kier molecular flexibility index (Phi) is 5.60. The lowest BCUT2D eigenvalue weighted by atomic mass is 9.98. The molecule has 5 nitrogen and oxygen atoms in total. The molecule has 1 aromatic heterocycles. The van der Waals surface area contributed by atoms with E-state index in [4.69, 9.17) is 0 Å². The zero-order chi connectivity index (χ0) is 19.4. The molecule has 0 bridgehead atoms. The summed E-state index contributed by atoms with van der Waals surface area (Å²) in [6.45, 7) is 4.11. The molecule has 3 rings (SSSR count). The molecule has 0 saturated carbocycles. The summed E-state index contributed by atoms with van der Waals surface area (Å²) in [6, 6.07) is 13.8. The maximum absolute atomic E-state index is 12.4. The fourth-order valence-corrected chi connectivity index (χ4v) is 3.35. The minimum Gasteiger partial charge on any atom is -0.481 e. The molecule has 0 spiro atoms. The molecule has 0 fully saturated rings. The van der Waals surface area contributed by atoms with Gasteiger partial charge in [0.1, 0.15) is 0 Å². The molecular weight excluding hydrogens is 340 g/mol. The van der Waals surface area contributed by atoms with Gasteiger partial charge < -0.3 is 15.4 Å². The van der Waals surface area contributed by atoms with Gasteiger partial charge in [0.25, 0.3) is 0 Å². The molecule has 1 amide bonds. The Labute approximate surface area is 158 Å². The maximum atomic E-state index is 12.4. The number of carboxylic acids is 1. The molecule has 1 unspecified atom stereocenters. The number of aromatic amines is 1. The van der Waals surface area contributed by atoms with Gasteiger partial charge in [-0.1, -0.05) is 48.0 Å². The van der Waals surface area contributed by atoms with Crippen LogP contribution in [0.4, 0.5) is 0 Å². The second kappa shape index (κ2) is 8.08. The highest BCUT2D eigenvalue weighted by Crippen LogP contribution is 2.21. The minimum absolute atomic E-state index is 0.115. The molecule has 3 N–H and O–H groups in total. The number of hydrogen-bond acceptors (Lipinski definition) is 2. The van der Waals surface area contributed by atoms with Gasteiger partial charge in [-0.2, -0.15) is 0 Å². The van der Waals surface area contributed by atoms with Crippen LogP contribution in [-0.4, -0.2) is 28.5 Å². The van der Waals surface area contributed by atoms with Gasteiger partial charge in [-0.05, 0) is 37.0 Å². The summed E-state index contributed by atoms with van der Waals surface area (Å²) in [6.07, 6.45) is 2.46. The van der Waals surface area contributed by atoms with E-state index >= 15 is 0 Å². The average molecular weight is 364 g/mol. The smallest absolute Gasteiger partial charge is 0.308 e. The lowest BCUT2D eigenvalue weighted by Gasteiger charge is -2.14. The van der Waals surface area contributed by atoms with Crippen molar-refractivity contribution < 1.29 is 14.7 Å². The van der Waals surface area contributed by atoms with Crippen molar-refractivity contribution >= 4 is 22.8 Å². The number of nitrogens with one attached hydrogen (secondary N) is 2. The molecule has 27 heavy (non-hydrogen) atoms. The van der Waals surface area contributed by atoms with Crippen molar-refractivity contribution in [3.05, 3.63) is 70.9 Å². The van der Waals surface area contributed by atoms with Crippen molar-refractivity contribution in [1.82, 2.24) is 10.3 Å². The van der Waals surface area contributed by atoms with Crippen LogP contribution in [0.3, 0.4) is 0 Å². The zero-order valence-corrected chi connectivity index (χ0v) is 15.6. The fraction of sp³-hybridized carbons (Fsp3) is 0.273. The van der Waals surface area contributed by atoms with E-state index in [1.165, 1.54) is 0 Å². The van der Waals surface area contributed by atoms with Crippen molar-refractivity contribution in [3.8, 4) is 0 Å². The predicted molar refractivity (Wildman–Crippen MR) is 106 cm³/mol. The number of carbonyl (C=O) groups excluding carboxylic acids is 1. The van der Waals surface area contributed by atoms with Crippen LogP contribution in [-0.2, 0) is 22.4 Å². The molecule has 0 saturated heterocycles. The zero-order valence-electron chi connectivity index (χ0n) is 15.6. The molecule has 1 atom stereocenters. The topological polar surface area (TPSA) is 82.2 Å². The van der Waals surface area contributed by atoms with Crippen molar-refractivity contribution in [1.29, 1.82) is 0 Å². The standard InChI is InChI=1S/C22H24N2O3/c1-14-5-3-7-16(9-14)10-18(22(26)27)13-23-20(25)11-17-12-24-21-15(2)6-4-8-19(17)21/h3-9,12,18,24H,10-11,13H2,1-2H3,(H,23,25)(H,26,27). The maximum Gasteiger partial charge on any atom is 0.308 e. The van der Waals surface area contributed by atoms with E-state index in [1.807, 2.05) is 62.5 Å². The fourth-order valence-electron chi connectivity index (χ4n) is 3.35. The van der Waals surface area contributed by atoms with Crippen molar-refractivity contribution in [3.63, 3.8) is 0 Å². The number of carboxylic acid groups (broad SMARTS) is 1. The van der Waals surface area contributed by atoms with Crippen LogP contribution in [0, 0.1) is 19.8 Å². The SMILES string of the molecule is Cc1cccc(CC(CNC(=O)Cc2c[nH]c3c(C)cccc23)C(=O)O)c1. The summed E-state index contributed by atoms with van der Waals surface area (Å²) < 4.78 is 0. The van der Waals surface area contributed by atoms with Gasteiger partial charge in [-0.25, -0.2) is 0 Å². The lowest BCUT2D eigenvalue weighted by molar-refractivity contribution is -0.141. The molecule has 5 heteroatoms. The molecule has 0 radical (unpaired) electrons. The van der Waals surface area contributed by atoms with E-state index in [-0.39, 0.29) is 18.9 Å². The van der Waals surface area contributed by atoms with E-state index in [1.54, 1.807) is 0 Å². The molecule has 140 valence electrons. The Morgan fingerprint density at radius 3 is 2.67 bits per heavy atom. The number of para-hydroxylation sites is 1. The van der Waals surface area contributed by atoms with E-state index in [9.17, 15) is 14.7 Å². The number of rotatable bonds is 7. The van der Waals surface area contributed by atoms with Gasteiger partial charge in [-0.15, -0.1) is 0 Å². The van der Waals surface area contributed by atoms with Gasteiger partial charge in [0.2, 0.25) is 5.91 Å². The van der Waals surface area contributed by atoms with Gasteiger partial charge in [-0.3, -0.25) is 9.59 Å². The normalized spacial score (nSPS) is 12.1. The predicted octanol–water partition coefficient (Wildman–Crippen LogP) is 3.39. The molecule has 0 aliphatic carbocycles. The summed E-state index contributed by atoms with van der Waals surface area (Å²) in [5, 5.41) is 13.3. The van der Waals surface area contributed by atoms with Crippen LogP contribution in [0.1, 0.15) is 22.3 Å². The van der Waals surface area contributed by atoms with Gasteiger partial charge >= 0.3 is 5.97 Å². The Morgan fingerprint density at radius 1 is 1.15 bits per heavy atom. The largest absolute Gasteiger partial charge is 0.481 e. The third kappa shape index (κ3) is 4.56. The summed E-state index contributed by atoms with van der Waals surface area (Å²) >= 11 is 0. The van der Waals surface area contributed by atoms with E-state index in [0.29, 0.717) is 6.42 Å². The van der Waals surface area contributed by atoms with Crippen LogP contribution in [0.2, 0.25) is 0 Å². The number of H-pyrrole nitrogens is 1. The van der Waals surface area contributed by atoms with Crippen LogP contribution < -0.4 is 5.32 Å². The van der Waals surface area contributed by atoms with Gasteiger partial charge in [0, 0.05) is 23.6 Å². The minimum atomic E-state index is -0.903. The second-order valence-electron chi connectivity index (χ2n) is 7.02. The lowest BCUT2D eigenvalue weighted by Crippen LogP contribution is -2.34. The molecule has 2 aromatic carbocycles. The highest BCUT2D eigenvalue weighted by Gasteiger charge is 2.19. The first-order valence-electron chi connectivity index (χ1n) is 9.04. The number of aliphatic carboxylic acids is 1. The first-order valence-corrected chi connectivity index (χ1v) is 9.04. The number of amides is 1. The number of aromatic nitrogens is 1. The summed E-state index contributed by atoms with van der Waals surface area (Å²) in [5.41, 5.74) is 5.13. The second-order valence-corrected chi connectivity index (χ2v) is 7.02. The van der Waals surface area contributed by atoms with Crippen molar-refractivity contribution in [2.75, 3.05) is 6.54 Å². The Balaban J connectivity index is 1.62. The van der Waals surface area contributed by atoms with Gasteiger partial charge in [0.15, 0.2) is 0 Å². The number of hydrogen-bond donors (Lipinski definition) is 3. The molecule has 1 heterocycles. The van der Waals surface area contributed by atoms with E-state index < -0.39 is 11.9 Å². The van der Waals surface area contributed by atoms with Gasteiger partial charge in [0.05, 0.1) is 12.3 Å². The Bertz CT molecular complexity index is 975. The van der Waals surface area contributed by atoms with E-state index in [2.05, 4.69) is 10.3 Å². The first-order chi connectivity index (χ1) is 12.9. The molecule has 0 aliphatic heterocycles. The molecule has 0 aliphatic rings. The van der Waals surface area contributed by atoms with Crippen LogP contribution >= 0.6 is 0 Å². The third-order valence-corrected chi connectivity index (χ3v) is 4.82. The molecule has 3 aromatic rings. The average Bonchev–Trinajstić information content (AvgIpc) is 3.03. The van der Waals surface area contributed by atoms with Crippen LogP contribution in [0.15, 0.2) is 48.7 Å².